The summed E-state index contributed by atoms with van der Waals surface area (Å²) in [7, 11) is 0. The number of thioether (sulfide) groups is 1. The SMILES string of the molecule is CCNC(=NCCNC(=O)c1ccco1)N1CCSC(CC)C1. The van der Waals surface area contributed by atoms with Crippen LogP contribution in [-0.4, -0.2) is 60.5 Å². The van der Waals surface area contributed by atoms with Crippen LogP contribution < -0.4 is 10.6 Å². The fourth-order valence-electron chi connectivity index (χ4n) is 2.41. The molecule has 0 aromatic carbocycles. The maximum Gasteiger partial charge on any atom is 0.287 e. The normalized spacial score (nSPS) is 18.8. The van der Waals surface area contributed by atoms with Crippen LogP contribution in [0, 0.1) is 0 Å². The minimum Gasteiger partial charge on any atom is -0.459 e. The molecule has 1 aliphatic heterocycles. The quantitative estimate of drug-likeness (QED) is 0.470. The van der Waals surface area contributed by atoms with Crippen molar-refractivity contribution in [2.45, 2.75) is 25.5 Å². The highest BCUT2D eigenvalue weighted by atomic mass is 32.2. The third-order valence-electron chi connectivity index (χ3n) is 3.63. The summed E-state index contributed by atoms with van der Waals surface area (Å²) in [5, 5.41) is 6.84. The third kappa shape index (κ3) is 5.49. The Morgan fingerprint density at radius 2 is 2.35 bits per heavy atom. The van der Waals surface area contributed by atoms with E-state index in [1.165, 1.54) is 12.7 Å². The van der Waals surface area contributed by atoms with Crippen LogP contribution in [0.5, 0.6) is 0 Å². The summed E-state index contributed by atoms with van der Waals surface area (Å²) < 4.78 is 5.06. The van der Waals surface area contributed by atoms with Gasteiger partial charge in [-0.15, -0.1) is 0 Å². The molecule has 1 aliphatic rings. The lowest BCUT2D eigenvalue weighted by Gasteiger charge is -2.34. The van der Waals surface area contributed by atoms with Gasteiger partial charge in [-0.3, -0.25) is 9.79 Å². The Balaban J connectivity index is 1.82. The average molecular weight is 338 g/mol. The summed E-state index contributed by atoms with van der Waals surface area (Å²) in [6.45, 7) is 8.25. The molecule has 2 N–H and O–H groups in total. The van der Waals surface area contributed by atoms with Crippen molar-refractivity contribution in [3.8, 4) is 0 Å². The van der Waals surface area contributed by atoms with Gasteiger partial charge < -0.3 is 20.0 Å². The zero-order valence-corrected chi connectivity index (χ0v) is 14.7. The largest absolute Gasteiger partial charge is 0.459 e. The molecule has 1 unspecified atom stereocenters. The van der Waals surface area contributed by atoms with Crippen molar-refractivity contribution in [3.05, 3.63) is 24.2 Å². The molecule has 2 heterocycles. The second-order valence-corrected chi connectivity index (χ2v) is 6.72. The first kappa shape index (κ1) is 17.7. The molecule has 0 spiro atoms. The highest BCUT2D eigenvalue weighted by molar-refractivity contribution is 8.00. The molecule has 128 valence electrons. The predicted octanol–water partition coefficient (Wildman–Crippen LogP) is 1.80. The van der Waals surface area contributed by atoms with Gasteiger partial charge in [-0.1, -0.05) is 6.92 Å². The highest BCUT2D eigenvalue weighted by Gasteiger charge is 2.21. The van der Waals surface area contributed by atoms with Gasteiger partial charge in [0.15, 0.2) is 11.7 Å². The van der Waals surface area contributed by atoms with E-state index < -0.39 is 0 Å². The summed E-state index contributed by atoms with van der Waals surface area (Å²) in [6, 6.07) is 3.35. The molecule has 1 aromatic rings. The number of furan rings is 1. The Bertz CT molecular complexity index is 504. The van der Waals surface area contributed by atoms with Gasteiger partial charge in [0.25, 0.3) is 5.91 Å². The monoisotopic (exact) mass is 338 g/mol. The maximum atomic E-state index is 11.8. The van der Waals surface area contributed by atoms with E-state index in [1.807, 2.05) is 11.8 Å². The molecule has 1 fully saturated rings. The number of amides is 1. The number of rotatable bonds is 6. The molecule has 0 radical (unpaired) electrons. The van der Waals surface area contributed by atoms with Crippen molar-refractivity contribution < 1.29 is 9.21 Å². The number of nitrogens with zero attached hydrogens (tertiary/aromatic N) is 2. The smallest absolute Gasteiger partial charge is 0.287 e. The van der Waals surface area contributed by atoms with Crippen molar-refractivity contribution in [1.82, 2.24) is 15.5 Å². The number of hydrogen-bond donors (Lipinski definition) is 2. The summed E-state index contributed by atoms with van der Waals surface area (Å²) in [5.41, 5.74) is 0. The Labute approximate surface area is 142 Å². The van der Waals surface area contributed by atoms with Crippen LogP contribution in [0.2, 0.25) is 0 Å². The van der Waals surface area contributed by atoms with E-state index in [4.69, 9.17) is 4.42 Å². The zero-order valence-electron chi connectivity index (χ0n) is 13.9. The van der Waals surface area contributed by atoms with Crippen molar-refractivity contribution in [2.24, 2.45) is 4.99 Å². The lowest BCUT2D eigenvalue weighted by atomic mass is 10.3. The lowest BCUT2D eigenvalue weighted by Crippen LogP contribution is -2.48. The number of guanidine groups is 1. The average Bonchev–Trinajstić information content (AvgIpc) is 3.12. The van der Waals surface area contributed by atoms with Gasteiger partial charge in [0.2, 0.25) is 0 Å². The van der Waals surface area contributed by atoms with Gasteiger partial charge in [-0.2, -0.15) is 11.8 Å². The van der Waals surface area contributed by atoms with E-state index in [0.717, 1.165) is 31.3 Å². The molecule has 0 saturated carbocycles. The Morgan fingerprint density at radius 1 is 1.48 bits per heavy atom. The third-order valence-corrected chi connectivity index (χ3v) is 5.00. The lowest BCUT2D eigenvalue weighted by molar-refractivity contribution is 0.0927. The maximum absolute atomic E-state index is 11.8. The zero-order chi connectivity index (χ0) is 16.5. The van der Waals surface area contributed by atoms with Crippen molar-refractivity contribution >= 4 is 23.6 Å². The van der Waals surface area contributed by atoms with Gasteiger partial charge in [0, 0.05) is 37.2 Å². The molecule has 1 aromatic heterocycles. The molecule has 1 atom stereocenters. The fraction of sp³-hybridized carbons (Fsp3) is 0.625. The summed E-state index contributed by atoms with van der Waals surface area (Å²) in [5.74, 6) is 2.21. The molecule has 1 amide bonds. The van der Waals surface area contributed by atoms with E-state index in [-0.39, 0.29) is 5.91 Å². The Hall–Kier alpha value is -1.63. The van der Waals surface area contributed by atoms with E-state index in [2.05, 4.69) is 34.4 Å². The molecule has 0 aliphatic carbocycles. The summed E-state index contributed by atoms with van der Waals surface area (Å²) >= 11 is 2.04. The minimum atomic E-state index is -0.198. The summed E-state index contributed by atoms with van der Waals surface area (Å²) in [6.07, 6.45) is 2.68. The van der Waals surface area contributed by atoms with Crippen LogP contribution in [0.3, 0.4) is 0 Å². The van der Waals surface area contributed by atoms with E-state index in [9.17, 15) is 4.79 Å². The first-order valence-electron chi connectivity index (χ1n) is 8.21. The van der Waals surface area contributed by atoms with Crippen molar-refractivity contribution in [1.29, 1.82) is 0 Å². The van der Waals surface area contributed by atoms with Crippen molar-refractivity contribution in [3.63, 3.8) is 0 Å². The van der Waals surface area contributed by atoms with E-state index in [0.29, 0.717) is 24.1 Å². The van der Waals surface area contributed by atoms with Gasteiger partial charge in [0.05, 0.1) is 12.8 Å². The van der Waals surface area contributed by atoms with Crippen LogP contribution in [0.25, 0.3) is 0 Å². The van der Waals surface area contributed by atoms with Crippen LogP contribution in [0.1, 0.15) is 30.8 Å². The Kier molecular flexibility index (Phi) is 7.32. The number of hydrogen-bond acceptors (Lipinski definition) is 4. The Morgan fingerprint density at radius 3 is 3.04 bits per heavy atom. The molecule has 23 heavy (non-hydrogen) atoms. The number of carbonyl (C=O) groups is 1. The molecular formula is C16H26N4O2S. The van der Waals surface area contributed by atoms with Gasteiger partial charge >= 0.3 is 0 Å². The van der Waals surface area contributed by atoms with E-state index >= 15 is 0 Å². The molecule has 6 nitrogen and oxygen atoms in total. The number of nitrogens with one attached hydrogen (secondary N) is 2. The first-order chi connectivity index (χ1) is 11.2. The van der Waals surface area contributed by atoms with Crippen LogP contribution >= 0.6 is 11.8 Å². The van der Waals surface area contributed by atoms with Crippen molar-refractivity contribution in [2.75, 3.05) is 38.5 Å². The van der Waals surface area contributed by atoms with Crippen LogP contribution in [-0.2, 0) is 0 Å². The first-order valence-corrected chi connectivity index (χ1v) is 9.26. The highest BCUT2D eigenvalue weighted by Crippen LogP contribution is 2.20. The molecular weight excluding hydrogens is 312 g/mol. The van der Waals surface area contributed by atoms with Gasteiger partial charge in [-0.25, -0.2) is 0 Å². The fourth-order valence-corrected chi connectivity index (χ4v) is 3.59. The van der Waals surface area contributed by atoms with Gasteiger partial charge in [0.1, 0.15) is 0 Å². The predicted molar refractivity (Wildman–Crippen MR) is 95.1 cm³/mol. The van der Waals surface area contributed by atoms with Crippen LogP contribution in [0.15, 0.2) is 27.8 Å². The standard InChI is InChI=1S/C16H26N4O2S/c1-3-13-12-20(9-11-23-13)16(17-4-2)19-8-7-18-15(21)14-6-5-10-22-14/h5-6,10,13H,3-4,7-9,11-12H2,1-2H3,(H,17,19)(H,18,21). The van der Waals surface area contributed by atoms with Gasteiger partial charge in [-0.05, 0) is 25.5 Å². The molecule has 1 saturated heterocycles. The second-order valence-electron chi connectivity index (χ2n) is 5.32. The van der Waals surface area contributed by atoms with Crippen LogP contribution in [0.4, 0.5) is 0 Å². The summed E-state index contributed by atoms with van der Waals surface area (Å²) in [4.78, 5) is 18.7. The number of carbonyl (C=O) groups excluding carboxylic acids is 1. The molecule has 7 heteroatoms. The second kappa shape index (κ2) is 9.50. The minimum absolute atomic E-state index is 0.198. The number of aliphatic imine (C=N–C) groups is 1. The van der Waals surface area contributed by atoms with E-state index in [1.54, 1.807) is 12.1 Å². The topological polar surface area (TPSA) is 69.9 Å². The molecule has 2 rings (SSSR count). The molecule has 0 bridgehead atoms.